The smallest absolute Gasteiger partial charge is 0.255 e. The number of hydrogen-bond donors (Lipinski definition) is 1. The van der Waals surface area contributed by atoms with Crippen molar-refractivity contribution in [3.63, 3.8) is 0 Å². The molecule has 2 aromatic rings. The lowest BCUT2D eigenvalue weighted by Crippen LogP contribution is -2.52. The molecule has 2 saturated heterocycles. The molecule has 194 valence electrons. The van der Waals surface area contributed by atoms with Gasteiger partial charge in [0.15, 0.2) is 0 Å². The van der Waals surface area contributed by atoms with Crippen molar-refractivity contribution in [2.45, 2.75) is 55.1 Å². The molecule has 37 heavy (non-hydrogen) atoms. The molecule has 1 spiro atoms. The van der Waals surface area contributed by atoms with Gasteiger partial charge in [0, 0.05) is 40.9 Å². The molecule has 0 aliphatic carbocycles. The molecule has 4 heterocycles. The minimum absolute atomic E-state index is 0.0331. The number of rotatable bonds is 5. The Balaban J connectivity index is 1.15. The molecule has 4 aliphatic rings. The molecule has 8 nitrogen and oxygen atoms in total. The van der Waals surface area contributed by atoms with E-state index in [9.17, 15) is 14.4 Å². The van der Waals surface area contributed by atoms with Gasteiger partial charge in [-0.1, -0.05) is 12.1 Å². The molecule has 6 rings (SSSR count). The van der Waals surface area contributed by atoms with E-state index >= 15 is 0 Å². The number of carbonyl (C=O) groups is 3. The maximum absolute atomic E-state index is 13.2. The maximum Gasteiger partial charge on any atom is 0.255 e. The third kappa shape index (κ3) is 4.53. The normalized spacial score (nSPS) is 22.8. The van der Waals surface area contributed by atoms with Crippen LogP contribution in [0.1, 0.15) is 52.7 Å². The summed E-state index contributed by atoms with van der Waals surface area (Å²) in [5, 5.41) is 2.37. The molecule has 2 aromatic carbocycles. The Morgan fingerprint density at radius 1 is 1.14 bits per heavy atom. The Morgan fingerprint density at radius 3 is 2.70 bits per heavy atom. The van der Waals surface area contributed by atoms with Crippen LogP contribution in [-0.4, -0.2) is 71.7 Å². The van der Waals surface area contributed by atoms with Crippen molar-refractivity contribution in [3.05, 3.63) is 58.7 Å². The van der Waals surface area contributed by atoms with Crippen molar-refractivity contribution in [3.8, 4) is 5.75 Å². The van der Waals surface area contributed by atoms with Crippen LogP contribution in [0.4, 0.5) is 0 Å². The average Bonchev–Trinajstić information content (AvgIpc) is 3.36. The first-order valence-electron chi connectivity index (χ1n) is 12.9. The third-order valence-corrected chi connectivity index (χ3v) is 8.93. The van der Waals surface area contributed by atoms with Crippen LogP contribution in [0.5, 0.6) is 5.75 Å². The van der Waals surface area contributed by atoms with Gasteiger partial charge in [-0.3, -0.25) is 28.9 Å². The van der Waals surface area contributed by atoms with Crippen molar-refractivity contribution in [1.29, 1.82) is 0 Å². The largest absolute Gasteiger partial charge is 0.492 e. The van der Waals surface area contributed by atoms with Crippen molar-refractivity contribution in [2.75, 3.05) is 33.8 Å². The number of nitrogens with zero attached hydrogens (tertiary/aromatic N) is 3. The van der Waals surface area contributed by atoms with Gasteiger partial charge < -0.3 is 9.64 Å². The van der Waals surface area contributed by atoms with Crippen LogP contribution in [0.3, 0.4) is 0 Å². The van der Waals surface area contributed by atoms with Crippen molar-refractivity contribution < 1.29 is 19.1 Å². The van der Waals surface area contributed by atoms with Crippen molar-refractivity contribution in [2.24, 2.45) is 0 Å². The predicted molar refractivity (Wildman–Crippen MR) is 140 cm³/mol. The number of carbonyl (C=O) groups excluding carboxylic acids is 3. The number of nitrogens with one attached hydrogen (secondary N) is 1. The van der Waals surface area contributed by atoms with Gasteiger partial charge in [-0.25, -0.2) is 0 Å². The summed E-state index contributed by atoms with van der Waals surface area (Å²) in [6.07, 6.45) is 2.65. The third-order valence-electron chi connectivity index (χ3n) is 8.10. The van der Waals surface area contributed by atoms with Crippen LogP contribution < -0.4 is 10.1 Å². The summed E-state index contributed by atoms with van der Waals surface area (Å²) in [7, 11) is 4.11. The fourth-order valence-corrected chi connectivity index (χ4v) is 6.91. The van der Waals surface area contributed by atoms with Gasteiger partial charge in [0.2, 0.25) is 11.8 Å². The number of benzene rings is 2. The van der Waals surface area contributed by atoms with Crippen molar-refractivity contribution >= 4 is 29.7 Å². The zero-order valence-electron chi connectivity index (χ0n) is 21.3. The fraction of sp³-hybridized carbons (Fsp3) is 0.464. The van der Waals surface area contributed by atoms with E-state index in [2.05, 4.69) is 58.9 Å². The lowest BCUT2D eigenvalue weighted by molar-refractivity contribution is -0.136. The number of hydrogen-bond acceptors (Lipinski definition) is 7. The Hall–Kier alpha value is -2.88. The predicted octanol–water partition coefficient (Wildman–Crippen LogP) is 2.94. The fourth-order valence-electron chi connectivity index (χ4n) is 6.15. The second kappa shape index (κ2) is 9.45. The van der Waals surface area contributed by atoms with Crippen LogP contribution in [0, 0.1) is 0 Å². The Kier molecular flexibility index (Phi) is 6.25. The van der Waals surface area contributed by atoms with Gasteiger partial charge in [0.25, 0.3) is 5.91 Å². The van der Waals surface area contributed by atoms with Crippen LogP contribution in [0.2, 0.25) is 0 Å². The van der Waals surface area contributed by atoms with Crippen LogP contribution in [0.25, 0.3) is 0 Å². The molecule has 4 aliphatic heterocycles. The van der Waals surface area contributed by atoms with E-state index in [1.165, 1.54) is 16.0 Å². The highest BCUT2D eigenvalue weighted by atomic mass is 32.2. The van der Waals surface area contributed by atoms with E-state index < -0.39 is 6.04 Å². The van der Waals surface area contributed by atoms with Gasteiger partial charge in [-0.15, -0.1) is 0 Å². The highest BCUT2D eigenvalue weighted by molar-refractivity contribution is 7.97. The monoisotopic (exact) mass is 520 g/mol. The number of piperidine rings is 2. The van der Waals surface area contributed by atoms with Crippen molar-refractivity contribution in [1.82, 2.24) is 19.4 Å². The zero-order valence-corrected chi connectivity index (χ0v) is 22.1. The summed E-state index contributed by atoms with van der Waals surface area (Å²) < 4.78 is 8.27. The van der Waals surface area contributed by atoms with Crippen LogP contribution >= 0.6 is 11.9 Å². The molecule has 2 fully saturated rings. The first kappa shape index (κ1) is 24.5. The summed E-state index contributed by atoms with van der Waals surface area (Å²) in [5.41, 5.74) is 4.07. The van der Waals surface area contributed by atoms with Crippen LogP contribution in [0.15, 0.2) is 41.3 Å². The molecule has 0 aromatic heterocycles. The summed E-state index contributed by atoms with van der Waals surface area (Å²) >= 11 is 1.74. The van der Waals surface area contributed by atoms with Gasteiger partial charge in [-0.05, 0) is 93.8 Å². The second-order valence-corrected chi connectivity index (χ2v) is 12.2. The minimum atomic E-state index is -0.597. The zero-order chi connectivity index (χ0) is 25.7. The molecule has 0 bridgehead atoms. The number of amides is 3. The SMILES string of the molecule is CN(C)Sc1cccc(CN2CCC3(CC2)COc2cc4c(cc23)CN(C2CCC(=O)NC2=O)C4=O)c1. The quantitative estimate of drug-likeness (QED) is 0.480. The first-order valence-corrected chi connectivity index (χ1v) is 13.7. The van der Waals surface area contributed by atoms with E-state index in [4.69, 9.17) is 4.74 Å². The Bertz CT molecular complexity index is 1270. The standard InChI is InChI=1S/C28H32N4O4S/c1-30(2)37-20-5-3-4-18(12-20)15-31-10-8-28(9-11-31)17-36-24-14-21-19(13-22(24)28)16-32(27(21)35)23-6-7-25(33)29-26(23)34/h3-5,12-14,23H,6-11,15-17H2,1-2H3,(H,29,33,34). The molecule has 0 radical (unpaired) electrons. The lowest BCUT2D eigenvalue weighted by atomic mass is 9.74. The molecule has 1 unspecified atom stereocenters. The molecule has 1 N–H and O–H groups in total. The van der Waals surface area contributed by atoms with E-state index in [0.717, 1.165) is 43.8 Å². The number of likely N-dealkylation sites (tertiary alicyclic amines) is 1. The number of ether oxygens (including phenoxy) is 1. The molecular formula is C28H32N4O4S. The van der Waals surface area contributed by atoms with Gasteiger partial charge in [0.05, 0.1) is 6.61 Å². The summed E-state index contributed by atoms with van der Waals surface area (Å²) in [6, 6.07) is 12.2. The summed E-state index contributed by atoms with van der Waals surface area (Å²) in [5.74, 6) is 0.00234. The Morgan fingerprint density at radius 2 is 1.95 bits per heavy atom. The van der Waals surface area contributed by atoms with E-state index in [-0.39, 0.29) is 29.6 Å². The molecule has 9 heteroatoms. The highest BCUT2D eigenvalue weighted by Gasteiger charge is 2.46. The van der Waals surface area contributed by atoms with Crippen LogP contribution in [-0.2, 0) is 28.1 Å². The van der Waals surface area contributed by atoms with E-state index in [0.29, 0.717) is 25.1 Å². The minimum Gasteiger partial charge on any atom is -0.492 e. The molecular weight excluding hydrogens is 488 g/mol. The van der Waals surface area contributed by atoms with Gasteiger partial charge in [-0.2, -0.15) is 0 Å². The van der Waals surface area contributed by atoms with Gasteiger partial charge >= 0.3 is 0 Å². The highest BCUT2D eigenvalue weighted by Crippen LogP contribution is 2.48. The topological polar surface area (TPSA) is 82.2 Å². The average molecular weight is 521 g/mol. The van der Waals surface area contributed by atoms with E-state index in [1.807, 2.05) is 6.07 Å². The van der Waals surface area contributed by atoms with E-state index in [1.54, 1.807) is 16.8 Å². The second-order valence-electron chi connectivity index (χ2n) is 10.8. The summed E-state index contributed by atoms with van der Waals surface area (Å²) in [6.45, 7) is 3.97. The lowest BCUT2D eigenvalue weighted by Gasteiger charge is -2.38. The first-order chi connectivity index (χ1) is 17.8. The van der Waals surface area contributed by atoms with Gasteiger partial charge in [0.1, 0.15) is 11.8 Å². The maximum atomic E-state index is 13.2. The molecule has 0 saturated carbocycles. The Labute approximate surface area is 221 Å². The summed E-state index contributed by atoms with van der Waals surface area (Å²) in [4.78, 5) is 42.5. The number of fused-ring (bicyclic) bond motifs is 3. The number of imide groups is 1. The molecule has 3 amide bonds. The molecule has 1 atom stereocenters.